The van der Waals surface area contributed by atoms with Crippen LogP contribution in [0.3, 0.4) is 0 Å². The number of piperidine rings is 1. The molecule has 1 fully saturated rings. The SMILES string of the molecule is Cc1cc(C)n2nc(SCCN3CCCCC3)nc2n1. The van der Waals surface area contributed by atoms with Crippen molar-refractivity contribution in [3.63, 3.8) is 0 Å². The predicted octanol–water partition coefficient (Wildman–Crippen LogP) is 2.32. The second-order valence-corrected chi connectivity index (χ2v) is 6.46. The Morgan fingerprint density at radius 3 is 2.75 bits per heavy atom. The molecule has 0 aliphatic carbocycles. The maximum Gasteiger partial charge on any atom is 0.253 e. The first kappa shape index (κ1) is 13.8. The predicted molar refractivity (Wildman–Crippen MR) is 81.3 cm³/mol. The molecular formula is C14H21N5S. The van der Waals surface area contributed by atoms with Crippen molar-refractivity contribution in [2.45, 2.75) is 38.3 Å². The van der Waals surface area contributed by atoms with Gasteiger partial charge in [0.1, 0.15) is 0 Å². The zero-order chi connectivity index (χ0) is 13.9. The lowest BCUT2D eigenvalue weighted by Crippen LogP contribution is -2.31. The maximum absolute atomic E-state index is 4.52. The van der Waals surface area contributed by atoms with Crippen molar-refractivity contribution in [1.29, 1.82) is 0 Å². The van der Waals surface area contributed by atoms with Crippen LogP contribution in [-0.4, -0.2) is 49.9 Å². The van der Waals surface area contributed by atoms with Gasteiger partial charge in [0.2, 0.25) is 5.16 Å². The molecule has 0 saturated carbocycles. The molecular weight excluding hydrogens is 270 g/mol. The van der Waals surface area contributed by atoms with E-state index in [1.807, 2.05) is 24.4 Å². The Morgan fingerprint density at radius 1 is 1.15 bits per heavy atom. The lowest BCUT2D eigenvalue weighted by atomic mass is 10.1. The number of fused-ring (bicyclic) bond motifs is 1. The summed E-state index contributed by atoms with van der Waals surface area (Å²) in [6, 6.07) is 2.03. The Bertz CT molecular complexity index is 589. The van der Waals surface area contributed by atoms with Crippen molar-refractivity contribution in [3.8, 4) is 0 Å². The molecule has 0 N–H and O–H groups in total. The van der Waals surface area contributed by atoms with Crippen molar-refractivity contribution >= 4 is 17.5 Å². The molecule has 0 spiro atoms. The van der Waals surface area contributed by atoms with Crippen LogP contribution >= 0.6 is 11.8 Å². The highest BCUT2D eigenvalue weighted by Crippen LogP contribution is 2.16. The maximum atomic E-state index is 4.52. The summed E-state index contributed by atoms with van der Waals surface area (Å²) in [4.78, 5) is 11.5. The molecule has 108 valence electrons. The average molecular weight is 291 g/mol. The molecule has 0 amide bonds. The zero-order valence-electron chi connectivity index (χ0n) is 12.2. The fourth-order valence-electron chi connectivity index (χ4n) is 2.66. The van der Waals surface area contributed by atoms with Crippen LogP contribution in [0.4, 0.5) is 0 Å². The normalized spacial score (nSPS) is 16.9. The summed E-state index contributed by atoms with van der Waals surface area (Å²) in [6.07, 6.45) is 4.08. The Hall–Kier alpha value is -1.14. The molecule has 2 aromatic heterocycles. The van der Waals surface area contributed by atoms with Crippen molar-refractivity contribution in [3.05, 3.63) is 17.5 Å². The number of hydrogen-bond donors (Lipinski definition) is 0. The number of aromatic nitrogens is 4. The van der Waals surface area contributed by atoms with Crippen LogP contribution in [-0.2, 0) is 0 Å². The van der Waals surface area contributed by atoms with Gasteiger partial charge in [0.25, 0.3) is 5.78 Å². The first-order chi connectivity index (χ1) is 9.72. The van der Waals surface area contributed by atoms with Gasteiger partial charge in [0, 0.05) is 23.7 Å². The molecule has 0 bridgehead atoms. The fourth-order valence-corrected chi connectivity index (χ4v) is 3.48. The molecule has 1 aliphatic heterocycles. The van der Waals surface area contributed by atoms with Crippen LogP contribution in [0.2, 0.25) is 0 Å². The van der Waals surface area contributed by atoms with E-state index in [2.05, 4.69) is 20.0 Å². The summed E-state index contributed by atoms with van der Waals surface area (Å²) in [7, 11) is 0. The van der Waals surface area contributed by atoms with Gasteiger partial charge in [0.05, 0.1) is 0 Å². The van der Waals surface area contributed by atoms with Gasteiger partial charge in [-0.25, -0.2) is 9.50 Å². The third-order valence-corrected chi connectivity index (χ3v) is 4.50. The number of thioether (sulfide) groups is 1. The molecule has 2 aromatic rings. The second-order valence-electron chi connectivity index (χ2n) is 5.40. The molecule has 1 aliphatic rings. The molecule has 6 heteroatoms. The number of aryl methyl sites for hydroxylation is 2. The second kappa shape index (κ2) is 6.10. The minimum atomic E-state index is 0.711. The van der Waals surface area contributed by atoms with Crippen molar-refractivity contribution < 1.29 is 0 Å². The molecule has 1 saturated heterocycles. The highest BCUT2D eigenvalue weighted by molar-refractivity contribution is 7.99. The summed E-state index contributed by atoms with van der Waals surface area (Å²) in [5.74, 6) is 1.76. The van der Waals surface area contributed by atoms with E-state index in [-0.39, 0.29) is 0 Å². The van der Waals surface area contributed by atoms with Gasteiger partial charge in [-0.05, 0) is 45.8 Å². The van der Waals surface area contributed by atoms with Crippen LogP contribution < -0.4 is 0 Å². The molecule has 3 heterocycles. The molecule has 0 unspecified atom stereocenters. The van der Waals surface area contributed by atoms with Gasteiger partial charge in [-0.1, -0.05) is 18.2 Å². The Balaban J connectivity index is 1.61. The van der Waals surface area contributed by atoms with Crippen LogP contribution in [0.5, 0.6) is 0 Å². The average Bonchev–Trinajstić information content (AvgIpc) is 2.83. The van der Waals surface area contributed by atoms with Gasteiger partial charge in [0.15, 0.2) is 0 Å². The van der Waals surface area contributed by atoms with Gasteiger partial charge in [-0.2, -0.15) is 4.98 Å². The number of hydrogen-bond acceptors (Lipinski definition) is 5. The van der Waals surface area contributed by atoms with Crippen molar-refractivity contribution in [2.24, 2.45) is 0 Å². The molecule has 3 rings (SSSR count). The molecule has 0 radical (unpaired) electrons. The number of rotatable bonds is 4. The van der Waals surface area contributed by atoms with Gasteiger partial charge in [-0.15, -0.1) is 5.10 Å². The smallest absolute Gasteiger partial charge is 0.253 e. The van der Waals surface area contributed by atoms with Crippen LogP contribution in [0.15, 0.2) is 11.2 Å². The third-order valence-electron chi connectivity index (χ3n) is 3.69. The van der Waals surface area contributed by atoms with E-state index in [0.717, 1.165) is 28.8 Å². The van der Waals surface area contributed by atoms with Crippen LogP contribution in [0, 0.1) is 13.8 Å². The Morgan fingerprint density at radius 2 is 1.95 bits per heavy atom. The Labute approximate surface area is 123 Å². The van der Waals surface area contributed by atoms with Gasteiger partial charge >= 0.3 is 0 Å². The van der Waals surface area contributed by atoms with E-state index in [9.17, 15) is 0 Å². The minimum absolute atomic E-state index is 0.711. The minimum Gasteiger partial charge on any atom is -0.303 e. The molecule has 0 aromatic carbocycles. The largest absolute Gasteiger partial charge is 0.303 e. The first-order valence-corrected chi connectivity index (χ1v) is 8.27. The van der Waals surface area contributed by atoms with Gasteiger partial charge < -0.3 is 4.90 Å². The lowest BCUT2D eigenvalue weighted by molar-refractivity contribution is 0.242. The topological polar surface area (TPSA) is 46.3 Å². The van der Waals surface area contributed by atoms with Crippen LogP contribution in [0.1, 0.15) is 30.7 Å². The van der Waals surface area contributed by atoms with E-state index in [4.69, 9.17) is 0 Å². The molecule has 5 nitrogen and oxygen atoms in total. The van der Waals surface area contributed by atoms with E-state index in [1.165, 1.54) is 32.4 Å². The molecule has 0 atom stereocenters. The quantitative estimate of drug-likeness (QED) is 0.809. The Kier molecular flexibility index (Phi) is 4.21. The van der Waals surface area contributed by atoms with E-state index >= 15 is 0 Å². The third kappa shape index (κ3) is 3.12. The van der Waals surface area contributed by atoms with E-state index < -0.39 is 0 Å². The summed E-state index contributed by atoms with van der Waals surface area (Å²) < 4.78 is 1.83. The summed E-state index contributed by atoms with van der Waals surface area (Å²) in [6.45, 7) is 7.66. The fraction of sp³-hybridized carbons (Fsp3) is 0.643. The highest BCUT2D eigenvalue weighted by Gasteiger charge is 2.11. The van der Waals surface area contributed by atoms with E-state index in [0.29, 0.717) is 5.78 Å². The summed E-state index contributed by atoms with van der Waals surface area (Å²) in [5, 5.41) is 5.36. The van der Waals surface area contributed by atoms with Crippen molar-refractivity contribution in [2.75, 3.05) is 25.4 Å². The summed E-state index contributed by atoms with van der Waals surface area (Å²) in [5.41, 5.74) is 2.08. The first-order valence-electron chi connectivity index (χ1n) is 7.28. The summed E-state index contributed by atoms with van der Waals surface area (Å²) >= 11 is 1.73. The van der Waals surface area contributed by atoms with Crippen LogP contribution in [0.25, 0.3) is 5.78 Å². The van der Waals surface area contributed by atoms with E-state index in [1.54, 1.807) is 11.8 Å². The number of likely N-dealkylation sites (tertiary alicyclic amines) is 1. The van der Waals surface area contributed by atoms with Gasteiger partial charge in [-0.3, -0.25) is 0 Å². The standard InChI is InChI=1S/C14H21N5S/c1-11-10-12(2)19-13(15-11)16-14(17-19)20-9-8-18-6-4-3-5-7-18/h10H,3-9H2,1-2H3. The lowest BCUT2D eigenvalue weighted by Gasteiger charge is -2.25. The van der Waals surface area contributed by atoms with Crippen molar-refractivity contribution in [1.82, 2.24) is 24.5 Å². The molecule has 20 heavy (non-hydrogen) atoms. The zero-order valence-corrected chi connectivity index (χ0v) is 13.0. The highest BCUT2D eigenvalue weighted by atomic mass is 32.2. The monoisotopic (exact) mass is 291 g/mol. The number of nitrogens with zero attached hydrogens (tertiary/aromatic N) is 5.